The number of Topliss-reactive ketones (excluding diaryl/α,β-unsaturated/α-hetero) is 2. The second-order valence-corrected chi connectivity index (χ2v) is 3.65. The Hall–Kier alpha value is -0.840. The van der Waals surface area contributed by atoms with Gasteiger partial charge in [0.25, 0.3) is 5.78 Å². The first-order chi connectivity index (χ1) is 6.16. The van der Waals surface area contributed by atoms with Gasteiger partial charge in [-0.2, -0.15) is 11.8 Å². The second-order valence-electron chi connectivity index (χ2n) is 2.62. The van der Waals surface area contributed by atoms with E-state index in [4.69, 9.17) is 0 Å². The van der Waals surface area contributed by atoms with Gasteiger partial charge in [0.05, 0.1) is 18.3 Å². The molecule has 0 aromatic heterocycles. The third-order valence-corrected chi connectivity index (χ3v) is 2.77. The summed E-state index contributed by atoms with van der Waals surface area (Å²) in [6, 6.07) is 0. The lowest BCUT2D eigenvalue weighted by atomic mass is 10.0. The van der Waals surface area contributed by atoms with E-state index in [1.165, 1.54) is 11.8 Å². The number of rotatable bonds is 3. The van der Waals surface area contributed by atoms with Crippen LogP contribution in [0.5, 0.6) is 0 Å². The topological polar surface area (TPSA) is 60.4 Å². The summed E-state index contributed by atoms with van der Waals surface area (Å²) in [5, 5.41) is 0. The van der Waals surface area contributed by atoms with Gasteiger partial charge >= 0.3 is 5.97 Å². The van der Waals surface area contributed by atoms with Crippen molar-refractivity contribution in [2.24, 2.45) is 5.92 Å². The van der Waals surface area contributed by atoms with Crippen LogP contribution in [0.3, 0.4) is 0 Å². The minimum atomic E-state index is -0.886. The van der Waals surface area contributed by atoms with Crippen LogP contribution in [0, 0.1) is 5.92 Å². The molecule has 0 aliphatic carbocycles. The summed E-state index contributed by atoms with van der Waals surface area (Å²) >= 11 is 1.38. The number of carbonyl (C=O) groups excluding carboxylic acids is 3. The first kappa shape index (κ1) is 10.2. The smallest absolute Gasteiger partial charge is 0.375 e. The summed E-state index contributed by atoms with van der Waals surface area (Å²) in [6.45, 7) is 1.79. The van der Waals surface area contributed by atoms with Crippen molar-refractivity contribution in [1.82, 2.24) is 0 Å². The first-order valence-electron chi connectivity index (χ1n) is 3.98. The number of ether oxygens (including phenoxy) is 1. The lowest BCUT2D eigenvalue weighted by Crippen LogP contribution is -2.30. The van der Waals surface area contributed by atoms with Crippen molar-refractivity contribution in [2.75, 3.05) is 18.1 Å². The molecule has 1 atom stereocenters. The molecule has 1 aliphatic heterocycles. The molecule has 1 fully saturated rings. The number of carbonyl (C=O) groups is 3. The SMILES string of the molecule is CCOC(=O)C(=O)C1CSCC1=O. The van der Waals surface area contributed by atoms with Gasteiger partial charge in [-0.3, -0.25) is 9.59 Å². The zero-order chi connectivity index (χ0) is 9.84. The average molecular weight is 202 g/mol. The predicted octanol–water partition coefficient (Wildman–Crippen LogP) is 0.0507. The summed E-state index contributed by atoms with van der Waals surface area (Å²) in [5.41, 5.74) is 0. The molecule has 0 aromatic carbocycles. The minimum Gasteiger partial charge on any atom is -0.460 e. The fourth-order valence-corrected chi connectivity index (χ4v) is 2.13. The summed E-state index contributed by atoms with van der Waals surface area (Å²) < 4.78 is 4.51. The van der Waals surface area contributed by atoms with Gasteiger partial charge in [-0.1, -0.05) is 0 Å². The van der Waals surface area contributed by atoms with Crippen LogP contribution >= 0.6 is 11.8 Å². The maximum atomic E-state index is 11.2. The molecule has 0 amide bonds. The van der Waals surface area contributed by atoms with E-state index < -0.39 is 17.7 Å². The van der Waals surface area contributed by atoms with Crippen molar-refractivity contribution in [3.05, 3.63) is 0 Å². The normalized spacial score (nSPS) is 21.6. The van der Waals surface area contributed by atoms with Gasteiger partial charge in [0.15, 0.2) is 5.78 Å². The molecule has 0 saturated carbocycles. The van der Waals surface area contributed by atoms with E-state index in [1.54, 1.807) is 6.92 Å². The highest BCUT2D eigenvalue weighted by molar-refractivity contribution is 8.00. The molecule has 0 N–H and O–H groups in total. The lowest BCUT2D eigenvalue weighted by Gasteiger charge is -2.04. The van der Waals surface area contributed by atoms with Gasteiger partial charge in [0, 0.05) is 5.75 Å². The molecular weight excluding hydrogens is 192 g/mol. The van der Waals surface area contributed by atoms with Crippen LogP contribution in [-0.4, -0.2) is 35.6 Å². The van der Waals surface area contributed by atoms with Crippen molar-refractivity contribution in [3.8, 4) is 0 Å². The summed E-state index contributed by atoms with van der Waals surface area (Å²) in [4.78, 5) is 33.3. The minimum absolute atomic E-state index is 0.164. The molecule has 1 unspecified atom stereocenters. The molecule has 1 heterocycles. The zero-order valence-corrected chi connectivity index (χ0v) is 8.06. The molecule has 1 aliphatic rings. The van der Waals surface area contributed by atoms with Crippen LogP contribution in [0.4, 0.5) is 0 Å². The van der Waals surface area contributed by atoms with Crippen LogP contribution in [-0.2, 0) is 19.1 Å². The maximum absolute atomic E-state index is 11.2. The highest BCUT2D eigenvalue weighted by Crippen LogP contribution is 2.21. The third kappa shape index (κ3) is 2.30. The molecule has 0 radical (unpaired) electrons. The number of hydrogen-bond donors (Lipinski definition) is 0. The Balaban J connectivity index is 2.56. The zero-order valence-electron chi connectivity index (χ0n) is 7.24. The van der Waals surface area contributed by atoms with Crippen LogP contribution in [0.2, 0.25) is 0 Å². The van der Waals surface area contributed by atoms with Crippen molar-refractivity contribution >= 4 is 29.3 Å². The lowest BCUT2D eigenvalue weighted by molar-refractivity contribution is -0.156. The van der Waals surface area contributed by atoms with Crippen molar-refractivity contribution in [2.45, 2.75) is 6.92 Å². The Morgan fingerprint density at radius 3 is 2.77 bits per heavy atom. The standard InChI is InChI=1S/C8H10O4S/c1-2-12-8(11)7(10)5-3-13-4-6(5)9/h5H,2-4H2,1H3. The van der Waals surface area contributed by atoms with E-state index in [2.05, 4.69) is 4.74 Å². The largest absolute Gasteiger partial charge is 0.460 e. The van der Waals surface area contributed by atoms with Gasteiger partial charge < -0.3 is 4.74 Å². The molecule has 5 heteroatoms. The highest BCUT2D eigenvalue weighted by atomic mass is 32.2. The molecule has 13 heavy (non-hydrogen) atoms. The van der Waals surface area contributed by atoms with Gasteiger partial charge in [-0.05, 0) is 6.92 Å². The summed E-state index contributed by atoms with van der Waals surface area (Å²) in [5.74, 6) is -1.76. The van der Waals surface area contributed by atoms with E-state index >= 15 is 0 Å². The molecule has 0 spiro atoms. The van der Waals surface area contributed by atoms with Crippen LogP contribution in [0.15, 0.2) is 0 Å². The summed E-state index contributed by atoms with van der Waals surface area (Å²) in [7, 11) is 0. The van der Waals surface area contributed by atoms with E-state index in [0.29, 0.717) is 11.5 Å². The molecule has 0 aromatic rings. The Morgan fingerprint density at radius 1 is 1.62 bits per heavy atom. The fraction of sp³-hybridized carbons (Fsp3) is 0.625. The van der Waals surface area contributed by atoms with Crippen LogP contribution in [0.1, 0.15) is 6.92 Å². The van der Waals surface area contributed by atoms with Gasteiger partial charge in [0.1, 0.15) is 0 Å². The van der Waals surface area contributed by atoms with Crippen LogP contribution in [0.25, 0.3) is 0 Å². The molecule has 72 valence electrons. The third-order valence-electron chi connectivity index (χ3n) is 1.71. The molecule has 4 nitrogen and oxygen atoms in total. The van der Waals surface area contributed by atoms with Crippen molar-refractivity contribution < 1.29 is 19.1 Å². The van der Waals surface area contributed by atoms with E-state index in [1.807, 2.05) is 0 Å². The number of esters is 1. The number of hydrogen-bond acceptors (Lipinski definition) is 5. The Kier molecular flexibility index (Phi) is 3.48. The highest BCUT2D eigenvalue weighted by Gasteiger charge is 2.36. The fourth-order valence-electron chi connectivity index (χ4n) is 1.04. The van der Waals surface area contributed by atoms with E-state index in [0.717, 1.165) is 0 Å². The maximum Gasteiger partial charge on any atom is 0.375 e. The molecule has 1 rings (SSSR count). The average Bonchev–Trinajstić information content (AvgIpc) is 2.50. The predicted molar refractivity (Wildman–Crippen MR) is 47.5 cm³/mol. The quantitative estimate of drug-likeness (QED) is 0.367. The monoisotopic (exact) mass is 202 g/mol. The second kappa shape index (κ2) is 4.41. The van der Waals surface area contributed by atoms with Gasteiger partial charge in [0.2, 0.25) is 0 Å². The molecule has 1 saturated heterocycles. The summed E-state index contributed by atoms with van der Waals surface area (Å²) in [6.07, 6.45) is 0. The van der Waals surface area contributed by atoms with Crippen LogP contribution < -0.4 is 0 Å². The van der Waals surface area contributed by atoms with Gasteiger partial charge in [-0.15, -0.1) is 0 Å². The molecule has 0 bridgehead atoms. The number of thioether (sulfide) groups is 1. The Labute approximate surface area is 80.0 Å². The molecular formula is C8H10O4S. The van der Waals surface area contributed by atoms with E-state index in [9.17, 15) is 14.4 Å². The van der Waals surface area contributed by atoms with Crippen molar-refractivity contribution in [1.29, 1.82) is 0 Å². The number of ketones is 2. The van der Waals surface area contributed by atoms with E-state index in [-0.39, 0.29) is 12.4 Å². The van der Waals surface area contributed by atoms with Crippen molar-refractivity contribution in [3.63, 3.8) is 0 Å². The van der Waals surface area contributed by atoms with Gasteiger partial charge in [-0.25, -0.2) is 4.79 Å². The first-order valence-corrected chi connectivity index (χ1v) is 5.13. The Morgan fingerprint density at radius 2 is 2.31 bits per heavy atom. The Bertz CT molecular complexity index is 249.